The molecule has 2 aromatic heterocycles. The molecule has 0 saturated carbocycles. The number of benzene rings is 3. The lowest BCUT2D eigenvalue weighted by Gasteiger charge is -2.13. The number of ether oxygens (including phenoxy) is 2. The van der Waals surface area contributed by atoms with E-state index in [2.05, 4.69) is 20.6 Å². The summed E-state index contributed by atoms with van der Waals surface area (Å²) in [5.41, 5.74) is 1.70. The molecule has 9 nitrogen and oxygen atoms in total. The van der Waals surface area contributed by atoms with Crippen LogP contribution in [0.2, 0.25) is 0 Å². The summed E-state index contributed by atoms with van der Waals surface area (Å²) in [6.45, 7) is 0. The molecular weight excluding hydrogens is 448 g/mol. The fourth-order valence-corrected chi connectivity index (χ4v) is 3.70. The van der Waals surface area contributed by atoms with Crippen molar-refractivity contribution >= 4 is 45.0 Å². The number of carbonyl (C=O) groups excluding carboxylic acids is 1. The summed E-state index contributed by atoms with van der Waals surface area (Å²) < 4.78 is 16.3. The third kappa shape index (κ3) is 4.34. The molecule has 2 heterocycles. The number of anilines is 3. The first-order chi connectivity index (χ1) is 17.1. The van der Waals surface area contributed by atoms with E-state index in [4.69, 9.17) is 13.9 Å². The van der Waals surface area contributed by atoms with E-state index in [9.17, 15) is 9.59 Å². The summed E-state index contributed by atoms with van der Waals surface area (Å²) in [6.07, 6.45) is 1.40. The van der Waals surface area contributed by atoms with Crippen LogP contribution in [0.3, 0.4) is 0 Å². The van der Waals surface area contributed by atoms with E-state index in [-0.39, 0.29) is 11.2 Å². The molecule has 2 N–H and O–H groups in total. The number of rotatable bonds is 6. The zero-order valence-corrected chi connectivity index (χ0v) is 18.9. The van der Waals surface area contributed by atoms with Crippen LogP contribution < -0.4 is 25.5 Å². The summed E-state index contributed by atoms with van der Waals surface area (Å²) in [7, 11) is 3.15. The van der Waals surface area contributed by atoms with E-state index in [1.54, 1.807) is 56.7 Å². The molecule has 0 spiro atoms. The Morgan fingerprint density at radius 1 is 0.886 bits per heavy atom. The lowest BCUT2D eigenvalue weighted by molar-refractivity contribution is 0.0997. The number of methoxy groups -OCH3 is 2. The van der Waals surface area contributed by atoms with Crippen LogP contribution in [0.15, 0.2) is 82.3 Å². The molecule has 0 atom stereocenters. The van der Waals surface area contributed by atoms with Crippen LogP contribution in [-0.4, -0.2) is 30.1 Å². The number of para-hydroxylation sites is 2. The highest BCUT2D eigenvalue weighted by atomic mass is 16.5. The number of aromatic nitrogens is 2. The van der Waals surface area contributed by atoms with Gasteiger partial charge in [-0.25, -0.2) is 9.97 Å². The summed E-state index contributed by atoms with van der Waals surface area (Å²) in [6, 6.07) is 18.7. The largest absolute Gasteiger partial charge is 0.497 e. The van der Waals surface area contributed by atoms with Gasteiger partial charge in [-0.3, -0.25) is 9.59 Å². The predicted molar refractivity (Wildman–Crippen MR) is 133 cm³/mol. The third-order valence-corrected chi connectivity index (χ3v) is 5.39. The maximum Gasteiger partial charge on any atom is 0.291 e. The van der Waals surface area contributed by atoms with Gasteiger partial charge in [0.05, 0.1) is 30.8 Å². The van der Waals surface area contributed by atoms with Crippen molar-refractivity contribution in [3.8, 4) is 11.5 Å². The molecule has 0 aliphatic carbocycles. The maximum atomic E-state index is 12.9. The molecule has 174 valence electrons. The average molecular weight is 468 g/mol. The van der Waals surface area contributed by atoms with Crippen molar-refractivity contribution in [2.75, 3.05) is 24.9 Å². The van der Waals surface area contributed by atoms with Crippen LogP contribution in [0.5, 0.6) is 11.5 Å². The minimum Gasteiger partial charge on any atom is -0.497 e. The van der Waals surface area contributed by atoms with E-state index in [0.29, 0.717) is 50.6 Å². The molecule has 0 aliphatic heterocycles. The highest BCUT2D eigenvalue weighted by molar-refractivity contribution is 6.08. The first kappa shape index (κ1) is 21.9. The van der Waals surface area contributed by atoms with Gasteiger partial charge in [0.2, 0.25) is 0 Å². The molecule has 9 heteroatoms. The monoisotopic (exact) mass is 468 g/mol. The minimum absolute atomic E-state index is 0.0958. The van der Waals surface area contributed by atoms with Crippen molar-refractivity contribution in [3.63, 3.8) is 0 Å². The molecule has 0 aliphatic rings. The van der Waals surface area contributed by atoms with Crippen molar-refractivity contribution in [2.24, 2.45) is 0 Å². The van der Waals surface area contributed by atoms with Gasteiger partial charge in [-0.15, -0.1) is 0 Å². The van der Waals surface area contributed by atoms with Crippen LogP contribution in [0, 0.1) is 0 Å². The van der Waals surface area contributed by atoms with Crippen molar-refractivity contribution < 1.29 is 18.7 Å². The van der Waals surface area contributed by atoms with Crippen molar-refractivity contribution in [3.05, 3.63) is 89.0 Å². The van der Waals surface area contributed by atoms with Crippen LogP contribution in [0.25, 0.3) is 21.9 Å². The molecular formula is C26H20N4O5. The summed E-state index contributed by atoms with van der Waals surface area (Å²) in [4.78, 5) is 34.1. The molecule has 3 aromatic carbocycles. The Morgan fingerprint density at radius 3 is 2.40 bits per heavy atom. The number of nitrogens with one attached hydrogen (secondary N) is 2. The number of hydrogen-bond acceptors (Lipinski definition) is 8. The van der Waals surface area contributed by atoms with Crippen molar-refractivity contribution in [2.45, 2.75) is 0 Å². The zero-order valence-electron chi connectivity index (χ0n) is 18.9. The van der Waals surface area contributed by atoms with Gasteiger partial charge in [0.15, 0.2) is 11.2 Å². The first-order valence-electron chi connectivity index (χ1n) is 10.6. The summed E-state index contributed by atoms with van der Waals surface area (Å²) in [5.74, 6) is 1.11. The molecule has 1 amide bonds. The topological polar surface area (TPSA) is 116 Å². The smallest absolute Gasteiger partial charge is 0.291 e. The fourth-order valence-electron chi connectivity index (χ4n) is 3.70. The first-order valence-corrected chi connectivity index (χ1v) is 10.6. The van der Waals surface area contributed by atoms with Crippen LogP contribution in [-0.2, 0) is 0 Å². The maximum absolute atomic E-state index is 12.9. The van der Waals surface area contributed by atoms with Crippen LogP contribution >= 0.6 is 0 Å². The predicted octanol–water partition coefficient (Wildman–Crippen LogP) is 4.75. The molecule has 0 bridgehead atoms. The van der Waals surface area contributed by atoms with Gasteiger partial charge < -0.3 is 24.5 Å². The van der Waals surface area contributed by atoms with E-state index in [0.717, 1.165) is 0 Å². The van der Waals surface area contributed by atoms with Gasteiger partial charge in [-0.05, 0) is 24.3 Å². The number of nitrogens with zero attached hydrogens (tertiary/aromatic N) is 2. The fraction of sp³-hybridized carbons (Fsp3) is 0.0769. The Balaban J connectivity index is 1.49. The highest BCUT2D eigenvalue weighted by Crippen LogP contribution is 2.31. The van der Waals surface area contributed by atoms with Gasteiger partial charge in [-0.2, -0.15) is 0 Å². The number of carbonyl (C=O) groups is 1. The van der Waals surface area contributed by atoms with Gasteiger partial charge in [0.1, 0.15) is 29.2 Å². The minimum atomic E-state index is -0.564. The second-order valence-electron chi connectivity index (χ2n) is 7.58. The van der Waals surface area contributed by atoms with Crippen LogP contribution in [0.1, 0.15) is 10.6 Å². The van der Waals surface area contributed by atoms with E-state index in [1.807, 2.05) is 18.2 Å². The summed E-state index contributed by atoms with van der Waals surface area (Å²) in [5, 5.41) is 7.13. The van der Waals surface area contributed by atoms with Gasteiger partial charge in [-0.1, -0.05) is 18.2 Å². The van der Waals surface area contributed by atoms with Gasteiger partial charge in [0, 0.05) is 35.3 Å². The molecule has 0 unspecified atom stereocenters. The Hall–Kier alpha value is -4.92. The molecule has 0 radical (unpaired) electrons. The summed E-state index contributed by atoms with van der Waals surface area (Å²) >= 11 is 0. The third-order valence-electron chi connectivity index (χ3n) is 5.39. The molecule has 5 rings (SSSR count). The van der Waals surface area contributed by atoms with Gasteiger partial charge in [0.25, 0.3) is 5.91 Å². The Bertz CT molecular complexity index is 1610. The Labute approximate surface area is 199 Å². The van der Waals surface area contributed by atoms with E-state index in [1.165, 1.54) is 12.4 Å². The normalized spacial score (nSPS) is 10.8. The standard InChI is InChI=1S/C26H20N4O5/c1-33-16-10-15(11-17(12-16)34-2)29-25-19-7-5-8-20(24(19)27-14-28-25)30-26(32)23-13-21(31)18-6-3-4-9-22(18)35-23/h3-14H,1-2H3,(H,30,32)(H,27,28,29). The van der Waals surface area contributed by atoms with E-state index < -0.39 is 5.91 Å². The number of fused-ring (bicyclic) bond motifs is 2. The highest BCUT2D eigenvalue weighted by Gasteiger charge is 2.16. The number of hydrogen-bond donors (Lipinski definition) is 2. The lowest BCUT2D eigenvalue weighted by atomic mass is 10.2. The van der Waals surface area contributed by atoms with Gasteiger partial charge >= 0.3 is 0 Å². The lowest BCUT2D eigenvalue weighted by Crippen LogP contribution is -2.15. The molecule has 0 fully saturated rings. The van der Waals surface area contributed by atoms with Crippen molar-refractivity contribution in [1.29, 1.82) is 0 Å². The number of amides is 1. The second kappa shape index (κ2) is 9.14. The van der Waals surface area contributed by atoms with Crippen LogP contribution in [0.4, 0.5) is 17.2 Å². The SMILES string of the molecule is COc1cc(Nc2ncnc3c(NC(=O)c4cc(=O)c5ccccc5o4)cccc23)cc(OC)c1. The van der Waals surface area contributed by atoms with E-state index >= 15 is 0 Å². The average Bonchev–Trinajstić information content (AvgIpc) is 2.89. The Morgan fingerprint density at radius 2 is 1.63 bits per heavy atom. The molecule has 35 heavy (non-hydrogen) atoms. The molecule has 5 aromatic rings. The van der Waals surface area contributed by atoms with Crippen molar-refractivity contribution in [1.82, 2.24) is 9.97 Å². The Kier molecular flexibility index (Phi) is 5.72. The molecule has 0 saturated heterocycles. The second-order valence-corrected chi connectivity index (χ2v) is 7.58. The zero-order chi connectivity index (χ0) is 24.4. The quantitative estimate of drug-likeness (QED) is 0.367.